The van der Waals surface area contributed by atoms with Gasteiger partial charge in [-0.3, -0.25) is 4.79 Å². The number of carbonyl (C=O) groups is 1. The zero-order valence-electron chi connectivity index (χ0n) is 12.8. The number of nitrogens with two attached hydrogens (primary N) is 1. The van der Waals surface area contributed by atoms with Crippen molar-refractivity contribution in [1.29, 1.82) is 0 Å². The molecule has 19 heavy (non-hydrogen) atoms. The summed E-state index contributed by atoms with van der Waals surface area (Å²) in [5.74, 6) is 0.504. The molecule has 0 aliphatic carbocycles. The molecule has 1 aromatic carbocycles. The van der Waals surface area contributed by atoms with Crippen molar-refractivity contribution in [2.24, 2.45) is 5.92 Å². The number of hydrogen-bond acceptors (Lipinski definition) is 3. The van der Waals surface area contributed by atoms with Crippen molar-refractivity contribution in [3.05, 3.63) is 23.8 Å². The Morgan fingerprint density at radius 2 is 1.74 bits per heavy atom. The molecule has 0 saturated heterocycles. The summed E-state index contributed by atoms with van der Waals surface area (Å²) >= 11 is 0. The molecule has 1 aromatic rings. The molecule has 0 saturated carbocycles. The molecule has 2 N–H and O–H groups in total. The van der Waals surface area contributed by atoms with Crippen molar-refractivity contribution in [3.63, 3.8) is 0 Å². The van der Waals surface area contributed by atoms with Crippen molar-refractivity contribution in [2.75, 3.05) is 31.8 Å². The van der Waals surface area contributed by atoms with Gasteiger partial charge in [0.2, 0.25) is 0 Å². The molecule has 0 radical (unpaired) electrons. The van der Waals surface area contributed by atoms with Crippen LogP contribution >= 0.6 is 0 Å². The molecule has 4 heteroatoms. The van der Waals surface area contributed by atoms with Crippen LogP contribution in [0.2, 0.25) is 0 Å². The second kappa shape index (κ2) is 5.95. The van der Waals surface area contributed by atoms with E-state index >= 15 is 0 Å². The molecule has 1 amide bonds. The lowest BCUT2D eigenvalue weighted by molar-refractivity contribution is 0.0827. The van der Waals surface area contributed by atoms with Crippen molar-refractivity contribution >= 4 is 17.3 Å². The maximum atomic E-state index is 12.0. The molecule has 0 heterocycles. The molecule has 0 aromatic heterocycles. The van der Waals surface area contributed by atoms with E-state index in [4.69, 9.17) is 5.73 Å². The van der Waals surface area contributed by atoms with E-state index in [9.17, 15) is 4.79 Å². The van der Waals surface area contributed by atoms with E-state index in [0.717, 1.165) is 5.69 Å². The summed E-state index contributed by atoms with van der Waals surface area (Å²) in [5, 5.41) is 0. The molecule has 1 atom stereocenters. The third kappa shape index (κ3) is 3.40. The van der Waals surface area contributed by atoms with Gasteiger partial charge in [0.25, 0.3) is 5.91 Å². The van der Waals surface area contributed by atoms with Crippen LogP contribution < -0.4 is 10.6 Å². The lowest BCUT2D eigenvalue weighted by Gasteiger charge is -2.31. The Labute approximate surface area is 116 Å². The van der Waals surface area contributed by atoms with Gasteiger partial charge in [0, 0.05) is 32.7 Å². The second-order valence-corrected chi connectivity index (χ2v) is 5.57. The molecule has 0 aliphatic heterocycles. The predicted octanol–water partition coefficient (Wildman–Crippen LogP) is 2.45. The zero-order valence-corrected chi connectivity index (χ0v) is 12.8. The highest BCUT2D eigenvalue weighted by atomic mass is 16.2. The van der Waals surface area contributed by atoms with Gasteiger partial charge in [-0.25, -0.2) is 0 Å². The molecule has 0 spiro atoms. The number of anilines is 2. The van der Waals surface area contributed by atoms with Gasteiger partial charge in [-0.2, -0.15) is 0 Å². The molecular weight excluding hydrogens is 238 g/mol. The number of hydrogen-bond donors (Lipinski definition) is 1. The maximum absolute atomic E-state index is 12.0. The lowest BCUT2D eigenvalue weighted by atomic mass is 10.0. The Morgan fingerprint density at radius 3 is 2.21 bits per heavy atom. The summed E-state index contributed by atoms with van der Waals surface area (Å²) in [7, 11) is 5.51. The lowest BCUT2D eigenvalue weighted by Crippen LogP contribution is -2.34. The first-order valence-electron chi connectivity index (χ1n) is 6.59. The summed E-state index contributed by atoms with van der Waals surface area (Å²) in [6, 6.07) is 5.80. The molecule has 0 fully saturated rings. The van der Waals surface area contributed by atoms with Crippen molar-refractivity contribution in [2.45, 2.75) is 26.8 Å². The highest BCUT2D eigenvalue weighted by molar-refractivity contribution is 5.96. The van der Waals surface area contributed by atoms with Crippen LogP contribution in [-0.4, -0.2) is 38.0 Å². The Bertz CT molecular complexity index is 455. The average Bonchev–Trinajstić information content (AvgIpc) is 2.36. The Hall–Kier alpha value is -1.71. The van der Waals surface area contributed by atoms with E-state index < -0.39 is 0 Å². The number of rotatable bonds is 4. The summed E-state index contributed by atoms with van der Waals surface area (Å²) in [4.78, 5) is 15.7. The molecule has 0 aliphatic rings. The Kier molecular flexibility index (Phi) is 4.81. The predicted molar refractivity (Wildman–Crippen MR) is 81.6 cm³/mol. The molecule has 1 unspecified atom stereocenters. The van der Waals surface area contributed by atoms with Gasteiger partial charge >= 0.3 is 0 Å². The standard InChI is InChI=1S/C15H25N3O/c1-10(2)11(3)18(6)14-9-12(7-8-13(14)16)15(19)17(4)5/h7-11H,16H2,1-6H3. The molecule has 1 rings (SSSR count). The van der Waals surface area contributed by atoms with Crippen LogP contribution in [0.5, 0.6) is 0 Å². The second-order valence-electron chi connectivity index (χ2n) is 5.57. The third-order valence-corrected chi connectivity index (χ3v) is 3.64. The molecule has 4 nitrogen and oxygen atoms in total. The van der Waals surface area contributed by atoms with Crippen molar-refractivity contribution < 1.29 is 4.79 Å². The van der Waals surface area contributed by atoms with E-state index in [2.05, 4.69) is 25.7 Å². The number of benzene rings is 1. The van der Waals surface area contributed by atoms with E-state index in [-0.39, 0.29) is 5.91 Å². The summed E-state index contributed by atoms with van der Waals surface area (Å²) in [6.07, 6.45) is 0. The van der Waals surface area contributed by atoms with Gasteiger partial charge in [0.15, 0.2) is 0 Å². The monoisotopic (exact) mass is 263 g/mol. The first-order chi connectivity index (χ1) is 8.75. The minimum atomic E-state index is -0.00755. The summed E-state index contributed by atoms with van der Waals surface area (Å²) < 4.78 is 0. The summed E-state index contributed by atoms with van der Waals surface area (Å²) in [5.41, 5.74) is 8.31. The number of nitrogens with zero attached hydrogens (tertiary/aromatic N) is 2. The van der Waals surface area contributed by atoms with Crippen LogP contribution in [0.3, 0.4) is 0 Å². The minimum absolute atomic E-state index is 0.00755. The SMILES string of the molecule is CC(C)C(C)N(C)c1cc(C(=O)N(C)C)ccc1N. The first-order valence-corrected chi connectivity index (χ1v) is 6.59. The number of carbonyl (C=O) groups excluding carboxylic acids is 1. The van der Waals surface area contributed by atoms with Gasteiger partial charge in [0.1, 0.15) is 0 Å². The van der Waals surface area contributed by atoms with Crippen LogP contribution in [-0.2, 0) is 0 Å². The van der Waals surface area contributed by atoms with Gasteiger partial charge in [-0.15, -0.1) is 0 Å². The number of amides is 1. The van der Waals surface area contributed by atoms with E-state index in [1.165, 1.54) is 0 Å². The van der Waals surface area contributed by atoms with Gasteiger partial charge in [-0.05, 0) is 31.0 Å². The maximum Gasteiger partial charge on any atom is 0.253 e. The fraction of sp³-hybridized carbons (Fsp3) is 0.533. The summed E-state index contributed by atoms with van der Waals surface area (Å²) in [6.45, 7) is 6.50. The highest BCUT2D eigenvalue weighted by Gasteiger charge is 2.18. The van der Waals surface area contributed by atoms with Crippen LogP contribution in [0.25, 0.3) is 0 Å². The fourth-order valence-electron chi connectivity index (χ4n) is 1.91. The number of nitrogen functional groups attached to an aromatic ring is 1. The normalized spacial score (nSPS) is 12.4. The van der Waals surface area contributed by atoms with Crippen LogP contribution in [0, 0.1) is 5.92 Å². The smallest absolute Gasteiger partial charge is 0.253 e. The highest BCUT2D eigenvalue weighted by Crippen LogP contribution is 2.27. The van der Waals surface area contributed by atoms with Gasteiger partial charge in [-0.1, -0.05) is 13.8 Å². The quantitative estimate of drug-likeness (QED) is 0.849. The Morgan fingerprint density at radius 1 is 1.16 bits per heavy atom. The largest absolute Gasteiger partial charge is 0.397 e. The topological polar surface area (TPSA) is 49.6 Å². The third-order valence-electron chi connectivity index (χ3n) is 3.64. The van der Waals surface area contributed by atoms with E-state index in [1.54, 1.807) is 31.1 Å². The average molecular weight is 263 g/mol. The fourth-order valence-corrected chi connectivity index (χ4v) is 1.91. The van der Waals surface area contributed by atoms with E-state index in [1.807, 2.05) is 13.1 Å². The molecular formula is C15H25N3O. The van der Waals surface area contributed by atoms with E-state index in [0.29, 0.717) is 23.2 Å². The van der Waals surface area contributed by atoms with Crippen molar-refractivity contribution in [1.82, 2.24) is 4.90 Å². The van der Waals surface area contributed by atoms with Crippen LogP contribution in [0.1, 0.15) is 31.1 Å². The first kappa shape index (κ1) is 15.3. The molecule has 106 valence electrons. The zero-order chi connectivity index (χ0) is 14.7. The van der Waals surface area contributed by atoms with Gasteiger partial charge in [0.05, 0.1) is 11.4 Å². The Balaban J connectivity index is 3.14. The van der Waals surface area contributed by atoms with Crippen molar-refractivity contribution in [3.8, 4) is 0 Å². The van der Waals surface area contributed by atoms with Gasteiger partial charge < -0.3 is 15.5 Å². The van der Waals surface area contributed by atoms with Crippen LogP contribution in [0.4, 0.5) is 11.4 Å². The molecule has 0 bridgehead atoms. The van der Waals surface area contributed by atoms with Crippen LogP contribution in [0.15, 0.2) is 18.2 Å². The minimum Gasteiger partial charge on any atom is -0.397 e.